The zero-order valence-corrected chi connectivity index (χ0v) is 14.0. The van der Waals surface area contributed by atoms with Crippen molar-refractivity contribution in [1.29, 1.82) is 0 Å². The molecule has 118 valence electrons. The molecule has 2 heteroatoms. The summed E-state index contributed by atoms with van der Waals surface area (Å²) in [6.07, 6.45) is 13.1. The molecule has 0 aromatic rings. The largest absolute Gasteiger partial charge is 0.306 e. The summed E-state index contributed by atoms with van der Waals surface area (Å²) in [4.78, 5) is 5.22. The Morgan fingerprint density at radius 1 is 1.05 bits per heavy atom. The summed E-state index contributed by atoms with van der Waals surface area (Å²) in [7, 11) is 2.26. The first-order valence-electron chi connectivity index (χ1n) is 8.99. The average molecular weight is 288 g/mol. The predicted octanol–water partition coefficient (Wildman–Crippen LogP) is 3.71. The number of rotatable bonds is 3. The third kappa shape index (κ3) is 4.20. The van der Waals surface area contributed by atoms with Crippen molar-refractivity contribution in [3.8, 4) is 0 Å². The van der Waals surface area contributed by atoms with Crippen molar-refractivity contribution in [2.24, 2.45) is 11.8 Å². The quantitative estimate of drug-likeness (QED) is 0.781. The molecule has 3 aliphatic rings. The van der Waals surface area contributed by atoms with E-state index in [0.717, 1.165) is 11.8 Å². The molecule has 0 bridgehead atoms. The molecule has 0 saturated carbocycles. The molecule has 0 spiro atoms. The minimum atomic E-state index is 0.842. The van der Waals surface area contributed by atoms with Crippen LogP contribution < -0.4 is 0 Å². The van der Waals surface area contributed by atoms with E-state index in [0.29, 0.717) is 0 Å². The Morgan fingerprint density at radius 2 is 1.76 bits per heavy atom. The highest BCUT2D eigenvalue weighted by molar-refractivity contribution is 5.29. The van der Waals surface area contributed by atoms with Gasteiger partial charge in [-0.15, -0.1) is 0 Å². The van der Waals surface area contributed by atoms with E-state index in [1.807, 2.05) is 0 Å². The van der Waals surface area contributed by atoms with E-state index in [2.05, 4.69) is 35.9 Å². The minimum absolute atomic E-state index is 0.842. The first-order chi connectivity index (χ1) is 10.2. The Kier molecular flexibility index (Phi) is 5.18. The number of hydrogen-bond acceptors (Lipinski definition) is 2. The molecule has 0 atom stereocenters. The summed E-state index contributed by atoms with van der Waals surface area (Å²) in [6.45, 7) is 8.90. The number of nitrogens with zero attached hydrogens (tertiary/aromatic N) is 2. The molecule has 0 aromatic carbocycles. The van der Waals surface area contributed by atoms with E-state index in [-0.39, 0.29) is 0 Å². The third-order valence-electron chi connectivity index (χ3n) is 5.75. The van der Waals surface area contributed by atoms with Crippen LogP contribution >= 0.6 is 0 Å². The Morgan fingerprint density at radius 3 is 2.43 bits per heavy atom. The molecular formula is C19H32N2. The Labute approximate surface area is 130 Å². The van der Waals surface area contributed by atoms with Crippen molar-refractivity contribution in [2.45, 2.75) is 45.4 Å². The lowest BCUT2D eigenvalue weighted by molar-refractivity contribution is 0.134. The van der Waals surface area contributed by atoms with Gasteiger partial charge in [0.2, 0.25) is 0 Å². The Hall–Kier alpha value is -0.600. The lowest BCUT2D eigenvalue weighted by Gasteiger charge is -2.37. The van der Waals surface area contributed by atoms with Crippen LogP contribution in [0.1, 0.15) is 45.4 Å². The Bertz CT molecular complexity index is 394. The van der Waals surface area contributed by atoms with Crippen LogP contribution in [0.5, 0.6) is 0 Å². The van der Waals surface area contributed by atoms with Gasteiger partial charge in [-0.2, -0.15) is 0 Å². The molecule has 1 aliphatic carbocycles. The van der Waals surface area contributed by atoms with Gasteiger partial charge in [0.15, 0.2) is 0 Å². The molecular weight excluding hydrogens is 256 g/mol. The predicted molar refractivity (Wildman–Crippen MR) is 90.5 cm³/mol. The second kappa shape index (κ2) is 7.11. The van der Waals surface area contributed by atoms with Crippen LogP contribution in [0.3, 0.4) is 0 Å². The smallest absolute Gasteiger partial charge is 0.00106 e. The summed E-state index contributed by atoms with van der Waals surface area (Å²) in [5.41, 5.74) is 3.24. The topological polar surface area (TPSA) is 6.48 Å². The van der Waals surface area contributed by atoms with Crippen molar-refractivity contribution < 1.29 is 0 Å². The van der Waals surface area contributed by atoms with Crippen LogP contribution in [0.15, 0.2) is 23.3 Å². The van der Waals surface area contributed by atoms with Gasteiger partial charge in [-0.3, -0.25) is 0 Å². The van der Waals surface area contributed by atoms with E-state index in [1.165, 1.54) is 71.2 Å². The number of hydrogen-bond donors (Lipinski definition) is 0. The number of likely N-dealkylation sites (tertiary alicyclic amines) is 2. The monoisotopic (exact) mass is 288 g/mol. The highest BCUT2D eigenvalue weighted by atomic mass is 15.1. The maximum Gasteiger partial charge on any atom is 0.00106 e. The molecule has 3 rings (SSSR count). The molecule has 0 aromatic heterocycles. The van der Waals surface area contributed by atoms with Gasteiger partial charge in [-0.25, -0.2) is 0 Å². The van der Waals surface area contributed by atoms with E-state index < -0.39 is 0 Å². The second-order valence-corrected chi connectivity index (χ2v) is 7.56. The summed E-state index contributed by atoms with van der Waals surface area (Å²) in [5, 5.41) is 0. The zero-order valence-electron chi connectivity index (χ0n) is 14.0. The van der Waals surface area contributed by atoms with Crippen LogP contribution in [-0.4, -0.2) is 49.6 Å². The first kappa shape index (κ1) is 15.3. The van der Waals surface area contributed by atoms with E-state index in [9.17, 15) is 0 Å². The molecule has 2 saturated heterocycles. The first-order valence-corrected chi connectivity index (χ1v) is 8.99. The molecule has 2 fully saturated rings. The van der Waals surface area contributed by atoms with Crippen LogP contribution in [-0.2, 0) is 0 Å². The zero-order chi connectivity index (χ0) is 14.7. The average Bonchev–Trinajstić information content (AvgIpc) is 2.50. The number of piperidine rings is 2. The minimum Gasteiger partial charge on any atom is -0.306 e. The van der Waals surface area contributed by atoms with E-state index in [4.69, 9.17) is 0 Å². The molecule has 21 heavy (non-hydrogen) atoms. The molecule has 2 nitrogen and oxygen atoms in total. The van der Waals surface area contributed by atoms with Crippen LogP contribution in [0.4, 0.5) is 0 Å². The fraction of sp³-hybridized carbons (Fsp3) is 0.789. The van der Waals surface area contributed by atoms with E-state index >= 15 is 0 Å². The van der Waals surface area contributed by atoms with Gasteiger partial charge in [-0.1, -0.05) is 17.7 Å². The lowest BCUT2D eigenvalue weighted by Crippen LogP contribution is -2.40. The fourth-order valence-corrected chi connectivity index (χ4v) is 4.23. The summed E-state index contributed by atoms with van der Waals surface area (Å²) >= 11 is 0. The molecule has 0 N–H and O–H groups in total. The standard InChI is InChI=1S/C19H32N2/c1-16-4-3-5-19(14-16)18-8-12-21(13-9-18)15-17-6-10-20(2)11-7-17/h5,14,17-18H,3-4,6-13,15H2,1-2H3. The van der Waals surface area contributed by atoms with Gasteiger partial charge in [0.25, 0.3) is 0 Å². The van der Waals surface area contributed by atoms with Crippen molar-refractivity contribution in [2.75, 3.05) is 39.8 Å². The van der Waals surface area contributed by atoms with Crippen molar-refractivity contribution in [3.05, 3.63) is 23.3 Å². The summed E-state index contributed by atoms with van der Waals surface area (Å²) in [5.74, 6) is 1.79. The summed E-state index contributed by atoms with van der Waals surface area (Å²) in [6, 6.07) is 0. The van der Waals surface area contributed by atoms with Crippen LogP contribution in [0, 0.1) is 11.8 Å². The maximum atomic E-state index is 2.74. The van der Waals surface area contributed by atoms with Gasteiger partial charge in [0.05, 0.1) is 0 Å². The van der Waals surface area contributed by atoms with Crippen molar-refractivity contribution >= 4 is 0 Å². The van der Waals surface area contributed by atoms with Gasteiger partial charge < -0.3 is 9.80 Å². The van der Waals surface area contributed by atoms with Crippen molar-refractivity contribution in [1.82, 2.24) is 9.80 Å². The third-order valence-corrected chi connectivity index (χ3v) is 5.75. The number of allylic oxidation sites excluding steroid dienone is 4. The van der Waals surface area contributed by atoms with Gasteiger partial charge in [-0.05, 0) is 96.1 Å². The molecule has 2 heterocycles. The molecule has 0 unspecified atom stereocenters. The normalized spacial score (nSPS) is 27.5. The second-order valence-electron chi connectivity index (χ2n) is 7.56. The van der Waals surface area contributed by atoms with Gasteiger partial charge >= 0.3 is 0 Å². The summed E-state index contributed by atoms with van der Waals surface area (Å²) < 4.78 is 0. The van der Waals surface area contributed by atoms with E-state index in [1.54, 1.807) is 11.1 Å². The highest BCUT2D eigenvalue weighted by Gasteiger charge is 2.25. The lowest BCUT2D eigenvalue weighted by atomic mass is 9.84. The van der Waals surface area contributed by atoms with Crippen molar-refractivity contribution in [3.63, 3.8) is 0 Å². The maximum absolute atomic E-state index is 2.74. The Balaban J connectivity index is 1.44. The SMILES string of the molecule is CC1=CC(C2CCN(CC3CCN(C)CC3)CC2)=CCC1. The van der Waals surface area contributed by atoms with Gasteiger partial charge in [0, 0.05) is 6.54 Å². The van der Waals surface area contributed by atoms with Gasteiger partial charge in [0.1, 0.15) is 0 Å². The van der Waals surface area contributed by atoms with Crippen LogP contribution in [0.2, 0.25) is 0 Å². The molecule has 0 amide bonds. The molecule has 2 aliphatic heterocycles. The molecule has 0 radical (unpaired) electrons. The highest BCUT2D eigenvalue weighted by Crippen LogP contribution is 2.30. The van der Waals surface area contributed by atoms with Crippen LogP contribution in [0.25, 0.3) is 0 Å². The fourth-order valence-electron chi connectivity index (χ4n) is 4.23.